The van der Waals surface area contributed by atoms with Gasteiger partial charge >= 0.3 is 23.9 Å². The van der Waals surface area contributed by atoms with E-state index in [1.165, 1.54) is 13.8 Å². The quantitative estimate of drug-likeness (QED) is 0.448. The van der Waals surface area contributed by atoms with Gasteiger partial charge in [-0.1, -0.05) is 13.8 Å². The molecule has 28 heavy (non-hydrogen) atoms. The Labute approximate surface area is 162 Å². The number of esters is 4. The van der Waals surface area contributed by atoms with Crippen LogP contribution in [0.2, 0.25) is 0 Å². The van der Waals surface area contributed by atoms with Crippen molar-refractivity contribution < 1.29 is 33.4 Å². The maximum atomic E-state index is 12.4. The van der Waals surface area contributed by atoms with E-state index in [1.54, 1.807) is 19.1 Å². The van der Waals surface area contributed by atoms with Crippen molar-refractivity contribution in [2.24, 2.45) is 23.7 Å². The Morgan fingerprint density at radius 1 is 0.929 bits per heavy atom. The molecule has 1 aliphatic heterocycles. The number of fused-ring (bicyclic) bond motifs is 5. The molecule has 0 amide bonds. The number of hydrogen-bond donors (Lipinski definition) is 0. The lowest BCUT2D eigenvalue weighted by molar-refractivity contribution is -0.154. The molecule has 7 heteroatoms. The van der Waals surface area contributed by atoms with E-state index in [0.29, 0.717) is 11.5 Å². The average Bonchev–Trinajstić information content (AvgIpc) is 3.21. The van der Waals surface area contributed by atoms with E-state index in [4.69, 9.17) is 14.2 Å². The van der Waals surface area contributed by atoms with Crippen molar-refractivity contribution in [1.29, 1.82) is 0 Å². The number of rotatable bonds is 3. The fourth-order valence-corrected chi connectivity index (χ4v) is 5.50. The Balaban J connectivity index is 1.82. The SMILES string of the molecule is CC(=O)Oc1ccc(OC(C)=O)c2c1C1CC2C(C2C(=O)OC(=O)C2C)C1C. The summed E-state index contributed by atoms with van der Waals surface area (Å²) in [6, 6.07) is 3.28. The largest absolute Gasteiger partial charge is 0.426 e. The van der Waals surface area contributed by atoms with Crippen molar-refractivity contribution >= 4 is 23.9 Å². The summed E-state index contributed by atoms with van der Waals surface area (Å²) in [5.74, 6) is -2.01. The van der Waals surface area contributed by atoms with Gasteiger partial charge < -0.3 is 14.2 Å². The van der Waals surface area contributed by atoms with Crippen LogP contribution >= 0.6 is 0 Å². The number of benzene rings is 1. The minimum Gasteiger partial charge on any atom is -0.426 e. The summed E-state index contributed by atoms with van der Waals surface area (Å²) in [6.07, 6.45) is 0.748. The average molecular weight is 386 g/mol. The highest BCUT2D eigenvalue weighted by Gasteiger charge is 2.59. The monoisotopic (exact) mass is 386 g/mol. The van der Waals surface area contributed by atoms with Crippen molar-refractivity contribution in [3.8, 4) is 11.5 Å². The smallest absolute Gasteiger partial charge is 0.317 e. The lowest BCUT2D eigenvalue weighted by Gasteiger charge is -2.35. The highest BCUT2D eigenvalue weighted by Crippen LogP contribution is 2.66. The van der Waals surface area contributed by atoms with E-state index in [1.807, 2.05) is 0 Å². The van der Waals surface area contributed by atoms with E-state index >= 15 is 0 Å². The summed E-state index contributed by atoms with van der Waals surface area (Å²) >= 11 is 0. The van der Waals surface area contributed by atoms with E-state index in [9.17, 15) is 19.2 Å². The third-order valence-corrected chi connectivity index (χ3v) is 6.47. The molecule has 0 N–H and O–H groups in total. The second-order valence-corrected chi connectivity index (χ2v) is 8.02. The summed E-state index contributed by atoms with van der Waals surface area (Å²) in [4.78, 5) is 47.5. The predicted octanol–water partition coefficient (Wildman–Crippen LogP) is 2.71. The molecule has 0 spiro atoms. The molecule has 7 nitrogen and oxygen atoms in total. The third kappa shape index (κ3) is 2.64. The minimum absolute atomic E-state index is 0.0468. The van der Waals surface area contributed by atoms with Crippen LogP contribution in [0.5, 0.6) is 11.5 Å². The first kappa shape index (κ1) is 18.7. The van der Waals surface area contributed by atoms with Crippen molar-refractivity contribution in [2.45, 2.75) is 46.0 Å². The van der Waals surface area contributed by atoms with Gasteiger partial charge in [0.15, 0.2) is 0 Å². The topological polar surface area (TPSA) is 96.0 Å². The van der Waals surface area contributed by atoms with Crippen LogP contribution in [-0.4, -0.2) is 23.9 Å². The number of cyclic esters (lactones) is 2. The van der Waals surface area contributed by atoms with Crippen LogP contribution < -0.4 is 9.47 Å². The Morgan fingerprint density at radius 3 is 1.93 bits per heavy atom. The van der Waals surface area contributed by atoms with Crippen LogP contribution in [0, 0.1) is 23.7 Å². The first-order valence-electron chi connectivity index (χ1n) is 9.49. The summed E-state index contributed by atoms with van der Waals surface area (Å²) in [5, 5.41) is 0. The maximum absolute atomic E-state index is 12.4. The molecule has 1 saturated heterocycles. The molecule has 1 aromatic rings. The molecule has 3 aliphatic rings. The molecular weight excluding hydrogens is 364 g/mol. The van der Waals surface area contributed by atoms with E-state index in [0.717, 1.165) is 17.5 Å². The standard InChI is InChI=1S/C21H22O7/c1-8-12-7-13(16(8)17-9(2)20(24)28-21(17)25)19-15(27-11(4)23)6-5-14(18(12)19)26-10(3)22/h5-6,8-9,12-13,16-17H,7H2,1-4H3. The first-order valence-corrected chi connectivity index (χ1v) is 9.49. The van der Waals surface area contributed by atoms with E-state index in [-0.39, 0.29) is 23.7 Å². The molecular formula is C21H22O7. The molecule has 0 aromatic heterocycles. The Bertz CT molecular complexity index is 902. The zero-order valence-electron chi connectivity index (χ0n) is 16.2. The number of carbonyl (C=O) groups is 4. The van der Waals surface area contributed by atoms with Crippen molar-refractivity contribution in [1.82, 2.24) is 0 Å². The van der Waals surface area contributed by atoms with E-state index < -0.39 is 35.7 Å². The molecule has 0 radical (unpaired) electrons. The fraction of sp³-hybridized carbons (Fsp3) is 0.524. The first-order chi connectivity index (χ1) is 13.2. The van der Waals surface area contributed by atoms with Crippen LogP contribution in [-0.2, 0) is 23.9 Å². The molecule has 6 unspecified atom stereocenters. The highest BCUT2D eigenvalue weighted by molar-refractivity contribution is 5.96. The molecule has 2 bridgehead atoms. The van der Waals surface area contributed by atoms with Crippen LogP contribution in [0.15, 0.2) is 12.1 Å². The molecule has 1 aromatic carbocycles. The third-order valence-electron chi connectivity index (χ3n) is 6.47. The van der Waals surface area contributed by atoms with Crippen molar-refractivity contribution in [3.63, 3.8) is 0 Å². The predicted molar refractivity (Wildman–Crippen MR) is 95.6 cm³/mol. The van der Waals surface area contributed by atoms with Crippen LogP contribution in [0.3, 0.4) is 0 Å². The van der Waals surface area contributed by atoms with Gasteiger partial charge in [0.05, 0.1) is 11.8 Å². The zero-order valence-corrected chi connectivity index (χ0v) is 16.2. The molecule has 4 rings (SSSR count). The van der Waals surface area contributed by atoms with Gasteiger partial charge in [0, 0.05) is 25.0 Å². The highest BCUT2D eigenvalue weighted by atomic mass is 16.6. The number of hydrogen-bond acceptors (Lipinski definition) is 7. The zero-order chi connectivity index (χ0) is 20.3. The lowest BCUT2D eigenvalue weighted by atomic mass is 9.68. The summed E-state index contributed by atoms with van der Waals surface area (Å²) in [6.45, 7) is 6.44. The Kier molecular flexibility index (Phi) is 4.28. The van der Waals surface area contributed by atoms with Crippen LogP contribution in [0.4, 0.5) is 0 Å². The summed E-state index contributed by atoms with van der Waals surface area (Å²) in [7, 11) is 0. The van der Waals surface area contributed by atoms with Gasteiger partial charge in [0.1, 0.15) is 11.5 Å². The number of carbonyl (C=O) groups excluding carboxylic acids is 4. The Morgan fingerprint density at radius 2 is 1.46 bits per heavy atom. The van der Waals surface area contributed by atoms with Gasteiger partial charge in [-0.05, 0) is 42.2 Å². The molecule has 2 fully saturated rings. The maximum Gasteiger partial charge on any atom is 0.317 e. The molecule has 2 aliphatic carbocycles. The second kappa shape index (κ2) is 6.43. The summed E-state index contributed by atoms with van der Waals surface area (Å²) in [5.41, 5.74) is 1.68. The molecule has 1 saturated carbocycles. The van der Waals surface area contributed by atoms with E-state index in [2.05, 4.69) is 6.92 Å². The summed E-state index contributed by atoms with van der Waals surface area (Å²) < 4.78 is 15.7. The fourth-order valence-electron chi connectivity index (χ4n) is 5.50. The van der Waals surface area contributed by atoms with Crippen molar-refractivity contribution in [2.75, 3.05) is 0 Å². The van der Waals surface area contributed by atoms with Gasteiger partial charge in [0.25, 0.3) is 0 Å². The van der Waals surface area contributed by atoms with Crippen molar-refractivity contribution in [3.05, 3.63) is 23.3 Å². The van der Waals surface area contributed by atoms with Gasteiger partial charge in [0.2, 0.25) is 0 Å². The molecule has 148 valence electrons. The van der Waals surface area contributed by atoms with Gasteiger partial charge in [-0.25, -0.2) is 0 Å². The normalized spacial score (nSPS) is 32.9. The lowest BCUT2D eigenvalue weighted by Crippen LogP contribution is -2.33. The van der Waals surface area contributed by atoms with Gasteiger partial charge in [-0.3, -0.25) is 19.2 Å². The Hall–Kier alpha value is -2.70. The second-order valence-electron chi connectivity index (χ2n) is 8.02. The number of ether oxygens (including phenoxy) is 3. The minimum atomic E-state index is -0.520. The van der Waals surface area contributed by atoms with Crippen LogP contribution in [0.25, 0.3) is 0 Å². The van der Waals surface area contributed by atoms with Crippen LogP contribution in [0.1, 0.15) is 57.1 Å². The van der Waals surface area contributed by atoms with Gasteiger partial charge in [-0.15, -0.1) is 0 Å². The van der Waals surface area contributed by atoms with Gasteiger partial charge in [-0.2, -0.15) is 0 Å². The molecule has 1 heterocycles. The molecule has 6 atom stereocenters.